The number of anilines is 1. The van der Waals surface area contributed by atoms with Gasteiger partial charge >= 0.3 is 0 Å². The lowest BCUT2D eigenvalue weighted by Gasteiger charge is -2.10. The van der Waals surface area contributed by atoms with E-state index in [0.29, 0.717) is 15.7 Å². The molecule has 5 heteroatoms. The van der Waals surface area contributed by atoms with Gasteiger partial charge < -0.3 is 5.32 Å². The molecule has 0 atom stereocenters. The van der Waals surface area contributed by atoms with Gasteiger partial charge in [-0.1, -0.05) is 47.0 Å². The SMILES string of the molecule is Cc1cc(C)c(/C=C(\C#N)C(=O)Nc2c(Cl)cccc2Cl)c(C)c1. The monoisotopic (exact) mass is 358 g/mol. The Kier molecular flexibility index (Phi) is 5.66. The molecule has 0 radical (unpaired) electrons. The smallest absolute Gasteiger partial charge is 0.266 e. The zero-order chi connectivity index (χ0) is 17.9. The molecule has 0 bridgehead atoms. The summed E-state index contributed by atoms with van der Waals surface area (Å²) in [4.78, 5) is 12.4. The molecule has 0 fully saturated rings. The van der Waals surface area contributed by atoms with Gasteiger partial charge in [0.1, 0.15) is 11.6 Å². The summed E-state index contributed by atoms with van der Waals surface area (Å²) in [6.07, 6.45) is 1.59. The standard InChI is InChI=1S/C19H16Cl2N2O/c1-11-7-12(2)15(13(3)8-11)9-14(10-22)19(24)23-18-16(20)5-4-6-17(18)21/h4-9H,1-3H3,(H,23,24)/b14-9+. The number of rotatable bonds is 3. The number of nitrogens with one attached hydrogen (secondary N) is 1. The van der Waals surface area contributed by atoms with Gasteiger partial charge in [-0.2, -0.15) is 5.26 Å². The minimum atomic E-state index is -0.549. The number of hydrogen-bond acceptors (Lipinski definition) is 2. The maximum absolute atomic E-state index is 12.4. The molecule has 0 aliphatic rings. The number of amides is 1. The number of aryl methyl sites for hydroxylation is 3. The van der Waals surface area contributed by atoms with Gasteiger partial charge in [0.2, 0.25) is 0 Å². The van der Waals surface area contributed by atoms with E-state index in [2.05, 4.69) is 5.32 Å². The zero-order valence-electron chi connectivity index (χ0n) is 13.6. The summed E-state index contributed by atoms with van der Waals surface area (Å²) >= 11 is 12.1. The van der Waals surface area contributed by atoms with Crippen LogP contribution in [0.1, 0.15) is 22.3 Å². The Morgan fingerprint density at radius 3 is 2.17 bits per heavy atom. The topological polar surface area (TPSA) is 52.9 Å². The number of hydrogen-bond donors (Lipinski definition) is 1. The van der Waals surface area contributed by atoms with E-state index in [-0.39, 0.29) is 5.57 Å². The van der Waals surface area contributed by atoms with Crippen molar-refractivity contribution in [2.75, 3.05) is 5.32 Å². The van der Waals surface area contributed by atoms with E-state index in [0.717, 1.165) is 22.3 Å². The molecule has 1 N–H and O–H groups in total. The van der Waals surface area contributed by atoms with Gasteiger partial charge in [0, 0.05) is 0 Å². The molecule has 2 aromatic rings. The Morgan fingerprint density at radius 2 is 1.67 bits per heavy atom. The third-order valence-electron chi connectivity index (χ3n) is 3.59. The van der Waals surface area contributed by atoms with Crippen LogP contribution in [-0.2, 0) is 4.79 Å². The Hall–Kier alpha value is -2.28. The number of benzene rings is 2. The van der Waals surface area contributed by atoms with Crippen LogP contribution in [0.5, 0.6) is 0 Å². The van der Waals surface area contributed by atoms with Gasteiger partial charge in [0.05, 0.1) is 15.7 Å². The van der Waals surface area contributed by atoms with Gasteiger partial charge in [0.25, 0.3) is 5.91 Å². The summed E-state index contributed by atoms with van der Waals surface area (Å²) in [6, 6.07) is 10.9. The highest BCUT2D eigenvalue weighted by Crippen LogP contribution is 2.30. The first-order valence-corrected chi connectivity index (χ1v) is 8.04. The van der Waals surface area contributed by atoms with Crippen molar-refractivity contribution < 1.29 is 4.79 Å². The highest BCUT2D eigenvalue weighted by atomic mass is 35.5. The Balaban J connectivity index is 2.39. The molecule has 0 aliphatic heterocycles. The predicted octanol–water partition coefficient (Wildman–Crippen LogP) is 5.46. The predicted molar refractivity (Wildman–Crippen MR) is 99.3 cm³/mol. The first-order valence-electron chi connectivity index (χ1n) is 7.28. The van der Waals surface area contributed by atoms with Crippen molar-refractivity contribution >= 4 is 40.9 Å². The van der Waals surface area contributed by atoms with E-state index in [1.54, 1.807) is 24.3 Å². The summed E-state index contributed by atoms with van der Waals surface area (Å²) in [5.74, 6) is -0.549. The van der Waals surface area contributed by atoms with Crippen LogP contribution in [-0.4, -0.2) is 5.91 Å². The van der Waals surface area contributed by atoms with E-state index in [4.69, 9.17) is 23.2 Å². The molecule has 1 amide bonds. The largest absolute Gasteiger partial charge is 0.319 e. The van der Waals surface area contributed by atoms with Crippen molar-refractivity contribution in [3.63, 3.8) is 0 Å². The molecule has 0 aromatic heterocycles. The normalized spacial score (nSPS) is 11.1. The van der Waals surface area contributed by atoms with Crippen LogP contribution in [0, 0.1) is 32.1 Å². The number of nitriles is 1. The van der Waals surface area contributed by atoms with Crippen LogP contribution in [0.25, 0.3) is 6.08 Å². The van der Waals surface area contributed by atoms with Crippen LogP contribution in [0.4, 0.5) is 5.69 Å². The van der Waals surface area contributed by atoms with Gasteiger partial charge in [-0.25, -0.2) is 0 Å². The maximum Gasteiger partial charge on any atom is 0.266 e. The van der Waals surface area contributed by atoms with Crippen molar-refractivity contribution in [2.24, 2.45) is 0 Å². The second-order valence-corrected chi connectivity index (χ2v) is 6.35. The summed E-state index contributed by atoms with van der Waals surface area (Å²) in [5.41, 5.74) is 4.28. The first-order chi connectivity index (χ1) is 11.3. The lowest BCUT2D eigenvalue weighted by Crippen LogP contribution is -2.14. The summed E-state index contributed by atoms with van der Waals surface area (Å²) in [7, 11) is 0. The molecule has 2 aromatic carbocycles. The van der Waals surface area contributed by atoms with Gasteiger partial charge in [-0.15, -0.1) is 0 Å². The molecule has 0 aliphatic carbocycles. The van der Waals surface area contributed by atoms with Crippen molar-refractivity contribution in [2.45, 2.75) is 20.8 Å². The van der Waals surface area contributed by atoms with Crippen molar-refractivity contribution in [3.8, 4) is 6.07 Å². The number of carbonyl (C=O) groups is 1. The minimum absolute atomic E-state index is 0.0129. The summed E-state index contributed by atoms with van der Waals surface area (Å²) in [5, 5.41) is 12.6. The maximum atomic E-state index is 12.4. The fraction of sp³-hybridized carbons (Fsp3) is 0.158. The van der Waals surface area contributed by atoms with Crippen molar-refractivity contribution in [3.05, 3.63) is 68.2 Å². The molecule has 3 nitrogen and oxygen atoms in total. The van der Waals surface area contributed by atoms with Gasteiger partial charge in [0.15, 0.2) is 0 Å². The van der Waals surface area contributed by atoms with E-state index >= 15 is 0 Å². The van der Waals surface area contributed by atoms with E-state index < -0.39 is 5.91 Å². The fourth-order valence-corrected chi connectivity index (χ4v) is 3.00. The quantitative estimate of drug-likeness (QED) is 0.584. The zero-order valence-corrected chi connectivity index (χ0v) is 15.1. The number of para-hydroxylation sites is 1. The third kappa shape index (κ3) is 3.97. The van der Waals surface area contributed by atoms with E-state index in [1.165, 1.54) is 0 Å². The molecule has 0 spiro atoms. The van der Waals surface area contributed by atoms with Crippen LogP contribution in [0.3, 0.4) is 0 Å². The van der Waals surface area contributed by atoms with Crippen LogP contribution in [0.2, 0.25) is 10.0 Å². The van der Waals surface area contributed by atoms with Crippen LogP contribution in [0.15, 0.2) is 35.9 Å². The summed E-state index contributed by atoms with van der Waals surface area (Å²) < 4.78 is 0. The highest BCUT2D eigenvalue weighted by Gasteiger charge is 2.14. The van der Waals surface area contributed by atoms with Crippen molar-refractivity contribution in [1.82, 2.24) is 0 Å². The number of carbonyl (C=O) groups excluding carboxylic acids is 1. The van der Waals surface area contributed by atoms with Gasteiger partial charge in [-0.3, -0.25) is 4.79 Å². The number of nitrogens with zero attached hydrogens (tertiary/aromatic N) is 1. The summed E-state index contributed by atoms with van der Waals surface area (Å²) in [6.45, 7) is 5.90. The van der Waals surface area contributed by atoms with Crippen LogP contribution < -0.4 is 5.32 Å². The van der Waals surface area contributed by atoms with Crippen LogP contribution >= 0.6 is 23.2 Å². The molecule has 0 saturated carbocycles. The fourth-order valence-electron chi connectivity index (χ4n) is 2.51. The average Bonchev–Trinajstić information content (AvgIpc) is 2.50. The molecule has 0 heterocycles. The minimum Gasteiger partial charge on any atom is -0.319 e. The molecular weight excluding hydrogens is 343 g/mol. The third-order valence-corrected chi connectivity index (χ3v) is 4.22. The van der Waals surface area contributed by atoms with E-state index in [1.807, 2.05) is 39.0 Å². The lowest BCUT2D eigenvalue weighted by molar-refractivity contribution is -0.112. The second-order valence-electron chi connectivity index (χ2n) is 5.53. The molecule has 24 heavy (non-hydrogen) atoms. The molecule has 2 rings (SSSR count). The lowest BCUT2D eigenvalue weighted by atomic mass is 9.98. The van der Waals surface area contributed by atoms with E-state index in [9.17, 15) is 10.1 Å². The Bertz CT molecular complexity index is 836. The average molecular weight is 359 g/mol. The number of halogens is 2. The van der Waals surface area contributed by atoms with Crippen molar-refractivity contribution in [1.29, 1.82) is 5.26 Å². The second kappa shape index (κ2) is 7.53. The highest BCUT2D eigenvalue weighted by molar-refractivity contribution is 6.40. The molecule has 122 valence electrons. The first kappa shape index (κ1) is 18.1. The molecule has 0 saturated heterocycles. The Morgan fingerprint density at radius 1 is 1.12 bits per heavy atom. The van der Waals surface area contributed by atoms with Gasteiger partial charge in [-0.05, 0) is 55.7 Å². The molecule has 0 unspecified atom stereocenters. The molecular formula is C19H16Cl2N2O. The Labute approximate surface area is 151 Å².